The lowest BCUT2D eigenvalue weighted by molar-refractivity contribution is 0.546. The van der Waals surface area contributed by atoms with Crippen LogP contribution in [-0.4, -0.2) is 4.98 Å². The van der Waals surface area contributed by atoms with Gasteiger partial charge in [-0.25, -0.2) is 0 Å². The van der Waals surface area contributed by atoms with Crippen molar-refractivity contribution < 1.29 is 4.42 Å². The summed E-state index contributed by atoms with van der Waals surface area (Å²) in [5.74, 6) is 0. The summed E-state index contributed by atoms with van der Waals surface area (Å²) in [6, 6.07) is 0.207. The minimum absolute atomic E-state index is 0.207. The molecule has 0 spiro atoms. The van der Waals surface area contributed by atoms with Crippen molar-refractivity contribution in [3.05, 3.63) is 22.9 Å². The molecule has 0 amide bonds. The van der Waals surface area contributed by atoms with Crippen LogP contribution < -0.4 is 16.5 Å². The van der Waals surface area contributed by atoms with E-state index in [4.69, 9.17) is 10.2 Å². The molecule has 1 heterocycles. The van der Waals surface area contributed by atoms with Gasteiger partial charge in [0.2, 0.25) is 0 Å². The van der Waals surface area contributed by atoms with Crippen LogP contribution in [0.25, 0.3) is 12.2 Å². The number of rotatable bonds is 1. The fourth-order valence-electron chi connectivity index (χ4n) is 0.871. The summed E-state index contributed by atoms with van der Waals surface area (Å²) in [6.45, 7) is 11.8. The van der Waals surface area contributed by atoms with Crippen LogP contribution in [0.2, 0.25) is 0 Å². The molecule has 2 N–H and O–H groups in total. The maximum absolute atomic E-state index is 5.38. The summed E-state index contributed by atoms with van der Waals surface area (Å²) in [5.41, 5.74) is 6.09. The Morgan fingerprint density at radius 3 is 2.12 bits per heavy atom. The van der Waals surface area contributed by atoms with Gasteiger partial charge in [0, 0.05) is 0 Å². The Hall–Kier alpha value is -1.51. The van der Waals surface area contributed by atoms with E-state index in [1.54, 1.807) is 0 Å². The van der Waals surface area contributed by atoms with Gasteiger partial charge in [0.25, 0.3) is 6.01 Å². The van der Waals surface area contributed by atoms with Crippen molar-refractivity contribution in [3.63, 3.8) is 0 Å². The molecule has 0 aromatic carbocycles. The molecule has 0 aliphatic rings. The third-order valence-corrected chi connectivity index (χ3v) is 1.41. The molecule has 1 rings (SSSR count). The molecule has 0 saturated carbocycles. The molecule has 0 aliphatic carbocycles. The first-order valence-corrected chi connectivity index (χ1v) is 5.79. The smallest absolute Gasteiger partial charge is 0.292 e. The van der Waals surface area contributed by atoms with Crippen LogP contribution in [0.4, 0.5) is 6.01 Å². The lowest BCUT2D eigenvalue weighted by atomic mass is 10.4. The predicted octanol–water partition coefficient (Wildman–Crippen LogP) is 2.47. The first-order chi connectivity index (χ1) is 7.77. The average Bonchev–Trinajstić information content (AvgIpc) is 2.72. The van der Waals surface area contributed by atoms with Gasteiger partial charge in [-0.2, -0.15) is 4.98 Å². The molecule has 3 heteroatoms. The number of nitrogen functional groups attached to an aromatic ring is 1. The van der Waals surface area contributed by atoms with E-state index < -0.39 is 0 Å². The van der Waals surface area contributed by atoms with Gasteiger partial charge in [-0.1, -0.05) is 45.9 Å². The molecular formula is C13H24N2O. The summed E-state index contributed by atoms with van der Waals surface area (Å²) in [6.07, 6.45) is 7.49. The molecule has 1 aromatic rings. The second-order valence-electron chi connectivity index (χ2n) is 2.28. The number of aromatic nitrogens is 1. The third kappa shape index (κ3) is 6.06. The summed E-state index contributed by atoms with van der Waals surface area (Å²) in [4.78, 5) is 3.97. The topological polar surface area (TPSA) is 52.0 Å². The number of nitrogens with two attached hydrogens (primary N) is 1. The van der Waals surface area contributed by atoms with E-state index in [0.29, 0.717) is 5.42 Å². The van der Waals surface area contributed by atoms with Crippen molar-refractivity contribution >= 4 is 18.2 Å². The molecule has 0 saturated heterocycles. The zero-order chi connectivity index (χ0) is 13.0. The first-order valence-electron chi connectivity index (χ1n) is 5.79. The van der Waals surface area contributed by atoms with Crippen LogP contribution in [-0.2, 0) is 0 Å². The van der Waals surface area contributed by atoms with E-state index in [1.165, 1.54) is 0 Å². The van der Waals surface area contributed by atoms with Crippen molar-refractivity contribution in [2.24, 2.45) is 0 Å². The molecular weight excluding hydrogens is 200 g/mol. The van der Waals surface area contributed by atoms with Gasteiger partial charge in [0.1, 0.15) is 5.35 Å². The zero-order valence-electron chi connectivity index (χ0n) is 11.2. The van der Waals surface area contributed by atoms with Crippen molar-refractivity contribution in [2.75, 3.05) is 5.73 Å². The van der Waals surface area contributed by atoms with Gasteiger partial charge in [0.05, 0.1) is 0 Å². The lowest BCUT2D eigenvalue weighted by Crippen LogP contribution is -2.20. The Morgan fingerprint density at radius 1 is 1.12 bits per heavy atom. The highest BCUT2D eigenvalue weighted by Crippen LogP contribution is 1.83. The van der Waals surface area contributed by atoms with Gasteiger partial charge in [-0.3, -0.25) is 0 Å². The molecule has 0 radical (unpaired) electrons. The Bertz CT molecular complexity index is 389. The summed E-state index contributed by atoms with van der Waals surface area (Å²) < 4.78 is 5.14. The molecule has 0 bridgehead atoms. The Kier molecular flexibility index (Phi) is 12.2. The molecule has 16 heavy (non-hydrogen) atoms. The molecule has 0 unspecified atom stereocenters. The normalized spacial score (nSPS) is 11.9. The second-order valence-corrected chi connectivity index (χ2v) is 2.28. The third-order valence-electron chi connectivity index (χ3n) is 1.41. The fraction of sp³-hybridized carbons (Fsp3) is 0.462. The SMILES string of the molecule is CC.CC.C\C=C/C=c1/oc(N)n/c1=C/C. The first kappa shape index (κ1) is 16.9. The molecule has 0 atom stereocenters. The van der Waals surface area contributed by atoms with Crippen molar-refractivity contribution in [1.82, 2.24) is 4.98 Å². The standard InChI is InChI=1S/C9H12N2O.2C2H6/c1-3-5-6-8-7(4-2)11-9(10)12-8;2*1-2/h3-6H,1-2H3,(H2,10,11);2*1-2H3/b5-3-,7-4+,8-6+;;. The number of allylic oxidation sites excluding steroid dienone is 2. The summed E-state index contributed by atoms with van der Waals surface area (Å²) in [5, 5.41) is 0.783. The fourth-order valence-corrected chi connectivity index (χ4v) is 0.871. The molecule has 0 aliphatic heterocycles. The largest absolute Gasteiger partial charge is 0.424 e. The van der Waals surface area contributed by atoms with E-state index in [-0.39, 0.29) is 6.01 Å². The van der Waals surface area contributed by atoms with Crippen molar-refractivity contribution in [2.45, 2.75) is 41.5 Å². The van der Waals surface area contributed by atoms with E-state index in [2.05, 4.69) is 4.98 Å². The van der Waals surface area contributed by atoms with E-state index in [1.807, 2.05) is 65.8 Å². The number of nitrogens with zero attached hydrogens (tertiary/aromatic N) is 1. The van der Waals surface area contributed by atoms with Gasteiger partial charge in [-0.05, 0) is 19.9 Å². The predicted molar refractivity (Wildman–Crippen MR) is 72.3 cm³/mol. The van der Waals surface area contributed by atoms with E-state index >= 15 is 0 Å². The van der Waals surface area contributed by atoms with Gasteiger partial charge >= 0.3 is 0 Å². The Morgan fingerprint density at radius 2 is 1.69 bits per heavy atom. The van der Waals surface area contributed by atoms with E-state index in [9.17, 15) is 0 Å². The maximum Gasteiger partial charge on any atom is 0.292 e. The second kappa shape index (κ2) is 11.6. The summed E-state index contributed by atoms with van der Waals surface area (Å²) in [7, 11) is 0. The van der Waals surface area contributed by atoms with Crippen LogP contribution in [0.1, 0.15) is 41.5 Å². The summed E-state index contributed by atoms with van der Waals surface area (Å²) >= 11 is 0. The van der Waals surface area contributed by atoms with Crippen LogP contribution >= 0.6 is 0 Å². The van der Waals surface area contributed by atoms with E-state index in [0.717, 1.165) is 5.35 Å². The number of anilines is 1. The average molecular weight is 224 g/mol. The van der Waals surface area contributed by atoms with Crippen molar-refractivity contribution in [1.29, 1.82) is 0 Å². The highest BCUT2D eigenvalue weighted by Gasteiger charge is 1.92. The van der Waals surface area contributed by atoms with Crippen LogP contribution in [0.15, 0.2) is 16.6 Å². The Labute approximate surface area is 98.4 Å². The van der Waals surface area contributed by atoms with Gasteiger partial charge in [0.15, 0.2) is 5.42 Å². The highest BCUT2D eigenvalue weighted by atomic mass is 16.4. The van der Waals surface area contributed by atoms with Crippen LogP contribution in [0, 0.1) is 0 Å². The molecule has 0 fully saturated rings. The number of hydrogen-bond acceptors (Lipinski definition) is 3. The minimum atomic E-state index is 0.207. The van der Waals surface area contributed by atoms with Crippen molar-refractivity contribution in [3.8, 4) is 0 Å². The van der Waals surface area contributed by atoms with Gasteiger partial charge in [-0.15, -0.1) is 0 Å². The molecule has 1 aromatic heterocycles. The van der Waals surface area contributed by atoms with Crippen LogP contribution in [0.3, 0.4) is 0 Å². The Balaban J connectivity index is 0. The quantitative estimate of drug-likeness (QED) is 0.797. The maximum atomic E-state index is 5.38. The zero-order valence-corrected chi connectivity index (χ0v) is 11.2. The molecule has 3 nitrogen and oxygen atoms in total. The lowest BCUT2D eigenvalue weighted by Gasteiger charge is -1.73. The molecule has 92 valence electrons. The minimum Gasteiger partial charge on any atom is -0.424 e. The van der Waals surface area contributed by atoms with Gasteiger partial charge < -0.3 is 10.2 Å². The monoisotopic (exact) mass is 224 g/mol. The number of oxazole rings is 1. The number of hydrogen-bond donors (Lipinski definition) is 1. The van der Waals surface area contributed by atoms with Crippen LogP contribution in [0.5, 0.6) is 0 Å². The highest BCUT2D eigenvalue weighted by molar-refractivity contribution is 5.35.